The molecular formula is C24H35ClN4O. The third-order valence-corrected chi connectivity index (χ3v) is 6.37. The number of aromatic nitrogens is 1. The van der Waals surface area contributed by atoms with Crippen molar-refractivity contribution in [3.63, 3.8) is 0 Å². The average molecular weight is 431 g/mol. The first-order valence-corrected chi connectivity index (χ1v) is 11.6. The van der Waals surface area contributed by atoms with Gasteiger partial charge in [0.15, 0.2) is 0 Å². The quantitative estimate of drug-likeness (QED) is 0.725. The van der Waals surface area contributed by atoms with E-state index in [1.54, 1.807) is 6.07 Å². The van der Waals surface area contributed by atoms with Gasteiger partial charge in [0.25, 0.3) is 5.91 Å². The molecule has 2 aliphatic rings. The molecule has 1 aromatic heterocycles. The van der Waals surface area contributed by atoms with Gasteiger partial charge in [-0.25, -0.2) is 4.98 Å². The van der Waals surface area contributed by atoms with E-state index in [4.69, 9.17) is 16.6 Å². The molecule has 1 saturated heterocycles. The molecule has 2 unspecified atom stereocenters. The van der Waals surface area contributed by atoms with Crippen molar-refractivity contribution in [3.05, 3.63) is 34.9 Å². The molecule has 2 atom stereocenters. The summed E-state index contributed by atoms with van der Waals surface area (Å²) >= 11 is 6.41. The molecule has 2 N–H and O–H groups in total. The predicted octanol–water partition coefficient (Wildman–Crippen LogP) is 4.88. The van der Waals surface area contributed by atoms with E-state index in [0.717, 1.165) is 42.3 Å². The molecule has 1 saturated carbocycles. The molecule has 164 valence electrons. The zero-order chi connectivity index (χ0) is 21.5. The average Bonchev–Trinajstić information content (AvgIpc) is 3.27. The topological polar surface area (TPSA) is 57.3 Å². The number of carbonyl (C=O) groups is 1. The van der Waals surface area contributed by atoms with Gasteiger partial charge in [0.2, 0.25) is 0 Å². The van der Waals surface area contributed by atoms with Crippen molar-refractivity contribution in [1.29, 1.82) is 0 Å². The molecule has 6 heteroatoms. The summed E-state index contributed by atoms with van der Waals surface area (Å²) in [6.45, 7) is 5.15. The number of rotatable bonds is 4. The lowest BCUT2D eigenvalue weighted by molar-refractivity contribution is 0.0942. The number of anilines is 1. The van der Waals surface area contributed by atoms with Crippen LogP contribution in [0.1, 0.15) is 55.8 Å². The maximum Gasteiger partial charge on any atom is 0.253 e. The van der Waals surface area contributed by atoms with Crippen LogP contribution >= 0.6 is 11.6 Å². The van der Waals surface area contributed by atoms with Crippen molar-refractivity contribution < 1.29 is 4.79 Å². The number of pyridine rings is 1. The summed E-state index contributed by atoms with van der Waals surface area (Å²) in [5, 5.41) is 7.21. The molecule has 1 aliphatic carbocycles. The van der Waals surface area contributed by atoms with E-state index in [-0.39, 0.29) is 5.91 Å². The second-order valence-electron chi connectivity index (χ2n) is 8.70. The largest absolute Gasteiger partial charge is 0.357 e. The summed E-state index contributed by atoms with van der Waals surface area (Å²) in [5.74, 6) is 2.24. The van der Waals surface area contributed by atoms with E-state index in [2.05, 4.69) is 22.5 Å². The molecule has 1 aromatic carbocycles. The van der Waals surface area contributed by atoms with Gasteiger partial charge in [-0.2, -0.15) is 0 Å². The van der Waals surface area contributed by atoms with Gasteiger partial charge in [-0.15, -0.1) is 0 Å². The van der Waals surface area contributed by atoms with E-state index >= 15 is 0 Å². The van der Waals surface area contributed by atoms with Crippen molar-refractivity contribution in [3.8, 4) is 0 Å². The van der Waals surface area contributed by atoms with Crippen molar-refractivity contribution in [1.82, 2.24) is 15.6 Å². The standard InChI is InChI=1S/C22H28ClN3O.C2H7N/c1-15-5-4-6-16(13-15)14-24-22(27)21-17-7-10-20(26-11-2-3-12-26)25-19(17)9-8-18(21)23;1-3-2/h7-10,15-16H,2-6,11-14H2,1H3,(H,24,27);3H,1-2H3. The Bertz CT molecular complexity index is 850. The van der Waals surface area contributed by atoms with Gasteiger partial charge >= 0.3 is 0 Å². The van der Waals surface area contributed by atoms with Gasteiger partial charge in [0, 0.05) is 25.0 Å². The third kappa shape index (κ3) is 5.64. The fourth-order valence-corrected chi connectivity index (χ4v) is 4.84. The Morgan fingerprint density at radius 2 is 1.87 bits per heavy atom. The van der Waals surface area contributed by atoms with E-state index in [0.29, 0.717) is 16.5 Å². The molecular weight excluding hydrogens is 396 g/mol. The number of nitrogens with one attached hydrogen (secondary N) is 2. The number of halogens is 1. The molecule has 0 spiro atoms. The second kappa shape index (κ2) is 11.0. The molecule has 4 rings (SSSR count). The summed E-state index contributed by atoms with van der Waals surface area (Å²) in [7, 11) is 3.75. The minimum atomic E-state index is -0.0838. The summed E-state index contributed by atoms with van der Waals surface area (Å²) in [4.78, 5) is 20.0. The number of benzene rings is 1. The van der Waals surface area contributed by atoms with Gasteiger partial charge in [0.1, 0.15) is 5.82 Å². The number of hydrogen-bond donors (Lipinski definition) is 2. The minimum absolute atomic E-state index is 0.0838. The highest BCUT2D eigenvalue weighted by molar-refractivity contribution is 6.35. The summed E-state index contributed by atoms with van der Waals surface area (Å²) in [5.41, 5.74) is 1.39. The second-order valence-corrected chi connectivity index (χ2v) is 9.11. The normalized spacial score (nSPS) is 21.3. The summed E-state index contributed by atoms with van der Waals surface area (Å²) < 4.78 is 0. The fourth-order valence-electron chi connectivity index (χ4n) is 4.59. The van der Waals surface area contributed by atoms with Crippen LogP contribution in [0.15, 0.2) is 24.3 Å². The molecule has 30 heavy (non-hydrogen) atoms. The predicted molar refractivity (Wildman–Crippen MR) is 127 cm³/mol. The van der Waals surface area contributed by atoms with Gasteiger partial charge in [0.05, 0.1) is 16.1 Å². The first-order chi connectivity index (χ1) is 14.5. The fraction of sp³-hybridized carbons (Fsp3) is 0.583. The molecule has 2 aromatic rings. The van der Waals surface area contributed by atoms with Gasteiger partial charge < -0.3 is 15.5 Å². The number of carbonyl (C=O) groups excluding carboxylic acids is 1. The zero-order valence-corrected chi connectivity index (χ0v) is 19.3. The monoisotopic (exact) mass is 430 g/mol. The van der Waals surface area contributed by atoms with E-state index in [1.807, 2.05) is 32.3 Å². The Morgan fingerprint density at radius 3 is 2.57 bits per heavy atom. The van der Waals surface area contributed by atoms with Crippen molar-refractivity contribution in [2.45, 2.75) is 45.4 Å². The maximum absolute atomic E-state index is 12.9. The van der Waals surface area contributed by atoms with Gasteiger partial charge in [-0.1, -0.05) is 31.4 Å². The lowest BCUT2D eigenvalue weighted by Gasteiger charge is -2.26. The Hall–Kier alpha value is -1.85. The number of hydrogen-bond acceptors (Lipinski definition) is 4. The molecule has 2 fully saturated rings. The molecule has 2 heterocycles. The van der Waals surface area contributed by atoms with Crippen LogP contribution in [0.3, 0.4) is 0 Å². The van der Waals surface area contributed by atoms with Crippen LogP contribution < -0.4 is 15.5 Å². The molecule has 0 bridgehead atoms. The van der Waals surface area contributed by atoms with Crippen molar-refractivity contribution in [2.75, 3.05) is 38.6 Å². The van der Waals surface area contributed by atoms with Crippen molar-refractivity contribution in [2.24, 2.45) is 11.8 Å². The van der Waals surface area contributed by atoms with Crippen LogP contribution in [0.25, 0.3) is 10.9 Å². The lowest BCUT2D eigenvalue weighted by atomic mass is 9.82. The first kappa shape index (κ1) is 22.8. The Labute approximate surface area is 185 Å². The first-order valence-electron chi connectivity index (χ1n) is 11.2. The molecule has 1 aliphatic heterocycles. The highest BCUT2D eigenvalue weighted by atomic mass is 35.5. The molecule has 5 nitrogen and oxygen atoms in total. The zero-order valence-electron chi connectivity index (χ0n) is 18.5. The van der Waals surface area contributed by atoms with Crippen molar-refractivity contribution >= 4 is 34.2 Å². The smallest absolute Gasteiger partial charge is 0.253 e. The molecule has 1 amide bonds. The van der Waals surface area contributed by atoms with Crippen LogP contribution in [0, 0.1) is 11.8 Å². The number of amides is 1. The summed E-state index contributed by atoms with van der Waals surface area (Å²) in [6.07, 6.45) is 7.41. The van der Waals surface area contributed by atoms with Crippen LogP contribution in [-0.2, 0) is 0 Å². The SMILES string of the molecule is CC1CCCC(CNC(=O)c2c(Cl)ccc3nc(N4CCCC4)ccc23)C1.CNC. The minimum Gasteiger partial charge on any atom is -0.357 e. The molecule has 0 radical (unpaired) electrons. The lowest BCUT2D eigenvalue weighted by Crippen LogP contribution is -2.31. The highest BCUT2D eigenvalue weighted by Crippen LogP contribution is 2.30. The number of nitrogens with zero attached hydrogens (tertiary/aromatic N) is 2. The van der Waals surface area contributed by atoms with E-state index in [9.17, 15) is 4.79 Å². The van der Waals surface area contributed by atoms with Crippen LogP contribution in [-0.4, -0.2) is 44.6 Å². The van der Waals surface area contributed by atoms with E-state index in [1.165, 1.54) is 38.5 Å². The Morgan fingerprint density at radius 1 is 1.13 bits per heavy atom. The Kier molecular flexibility index (Phi) is 8.34. The summed E-state index contributed by atoms with van der Waals surface area (Å²) in [6, 6.07) is 7.72. The van der Waals surface area contributed by atoms with Gasteiger partial charge in [-0.3, -0.25) is 4.79 Å². The third-order valence-electron chi connectivity index (χ3n) is 6.06. The van der Waals surface area contributed by atoms with Gasteiger partial charge in [-0.05, 0) is 75.9 Å². The van der Waals surface area contributed by atoms with Crippen LogP contribution in [0.2, 0.25) is 5.02 Å². The maximum atomic E-state index is 12.9. The highest BCUT2D eigenvalue weighted by Gasteiger charge is 2.22. The van der Waals surface area contributed by atoms with Crippen LogP contribution in [0.5, 0.6) is 0 Å². The number of fused-ring (bicyclic) bond motifs is 1. The Balaban J connectivity index is 0.000000806. The van der Waals surface area contributed by atoms with E-state index < -0.39 is 0 Å². The van der Waals surface area contributed by atoms with Crippen LogP contribution in [0.4, 0.5) is 5.82 Å².